The van der Waals surface area contributed by atoms with Gasteiger partial charge in [0.1, 0.15) is 0 Å². The van der Waals surface area contributed by atoms with Crippen LogP contribution in [-0.2, 0) is 0 Å². The Morgan fingerprint density at radius 2 is 1.53 bits per heavy atom. The Morgan fingerprint density at radius 3 is 1.95 bits per heavy atom. The molecule has 0 aromatic carbocycles. The van der Waals surface area contributed by atoms with E-state index in [9.17, 15) is 4.79 Å². The lowest BCUT2D eigenvalue weighted by Crippen LogP contribution is -2.52. The fourth-order valence-corrected chi connectivity index (χ4v) is 2.19. The van der Waals surface area contributed by atoms with Crippen LogP contribution in [0.15, 0.2) is 0 Å². The summed E-state index contributed by atoms with van der Waals surface area (Å²) in [5.74, 6) is 1.30. The molecule has 0 aromatic heterocycles. The minimum Gasteiger partial charge on any atom is -0.325 e. The fourth-order valence-electron chi connectivity index (χ4n) is 2.19. The Balaban J connectivity index is 2.51. The van der Waals surface area contributed by atoms with Gasteiger partial charge in [-0.2, -0.15) is 0 Å². The molecule has 0 atom stereocenters. The number of carbonyl (C=O) groups is 1. The topological polar surface area (TPSA) is 35.6 Å². The Bertz CT molecular complexity index is 248. The Labute approximate surface area is 118 Å². The van der Waals surface area contributed by atoms with Gasteiger partial charge < -0.3 is 15.1 Å². The molecule has 0 spiro atoms. The number of nitrogens with one attached hydrogen (secondary N) is 1. The van der Waals surface area contributed by atoms with Gasteiger partial charge in [0.15, 0.2) is 0 Å². The molecule has 19 heavy (non-hydrogen) atoms. The second-order valence-electron chi connectivity index (χ2n) is 6.37. The Morgan fingerprint density at radius 1 is 1.05 bits per heavy atom. The summed E-state index contributed by atoms with van der Waals surface area (Å²) >= 11 is 0. The first-order chi connectivity index (χ1) is 9.00. The van der Waals surface area contributed by atoms with Crippen molar-refractivity contribution in [3.05, 3.63) is 0 Å². The third-order valence-electron chi connectivity index (χ3n) is 3.61. The molecule has 4 heteroatoms. The molecule has 0 saturated carbocycles. The SMILES string of the molecule is CC(C)CCN(CCC(C)C)C(=O)N1CCNCC1. The lowest BCUT2D eigenvalue weighted by molar-refractivity contribution is 0.142. The van der Waals surface area contributed by atoms with E-state index in [0.29, 0.717) is 11.8 Å². The van der Waals surface area contributed by atoms with Crippen LogP contribution in [0.5, 0.6) is 0 Å². The van der Waals surface area contributed by atoms with Crippen LogP contribution in [0.4, 0.5) is 4.79 Å². The van der Waals surface area contributed by atoms with Crippen LogP contribution >= 0.6 is 0 Å². The number of amides is 2. The molecule has 0 aliphatic carbocycles. The van der Waals surface area contributed by atoms with Crippen molar-refractivity contribution < 1.29 is 4.79 Å². The molecule has 112 valence electrons. The summed E-state index contributed by atoms with van der Waals surface area (Å²) in [6, 6.07) is 0.239. The predicted octanol–water partition coefficient (Wildman–Crippen LogP) is 2.41. The van der Waals surface area contributed by atoms with Crippen molar-refractivity contribution in [3.8, 4) is 0 Å². The minimum absolute atomic E-state index is 0.239. The second kappa shape index (κ2) is 8.41. The Hall–Kier alpha value is -0.770. The van der Waals surface area contributed by atoms with Gasteiger partial charge in [-0.05, 0) is 24.7 Å². The number of urea groups is 1. The second-order valence-corrected chi connectivity index (χ2v) is 6.37. The van der Waals surface area contributed by atoms with Crippen molar-refractivity contribution in [1.29, 1.82) is 0 Å². The standard InChI is InChI=1S/C15H31N3O/c1-13(2)5-9-17(10-6-14(3)4)15(19)18-11-7-16-8-12-18/h13-14,16H,5-12H2,1-4H3. The van der Waals surface area contributed by atoms with Crippen LogP contribution in [0, 0.1) is 11.8 Å². The van der Waals surface area contributed by atoms with Gasteiger partial charge in [0.05, 0.1) is 0 Å². The van der Waals surface area contributed by atoms with Gasteiger partial charge in [0.25, 0.3) is 0 Å². The molecule has 1 heterocycles. The van der Waals surface area contributed by atoms with Gasteiger partial charge in [0.2, 0.25) is 0 Å². The molecular weight excluding hydrogens is 238 g/mol. The van der Waals surface area contributed by atoms with E-state index in [1.807, 2.05) is 4.90 Å². The number of hydrogen-bond donors (Lipinski definition) is 1. The van der Waals surface area contributed by atoms with E-state index in [4.69, 9.17) is 0 Å². The maximum Gasteiger partial charge on any atom is 0.320 e. The molecule has 1 aliphatic rings. The number of piperazine rings is 1. The van der Waals surface area contributed by atoms with E-state index < -0.39 is 0 Å². The van der Waals surface area contributed by atoms with Crippen LogP contribution in [0.1, 0.15) is 40.5 Å². The van der Waals surface area contributed by atoms with Gasteiger partial charge in [-0.1, -0.05) is 27.7 Å². The highest BCUT2D eigenvalue weighted by atomic mass is 16.2. The van der Waals surface area contributed by atoms with Crippen LogP contribution in [0.2, 0.25) is 0 Å². The Kier molecular flexibility index (Phi) is 7.21. The molecule has 0 bridgehead atoms. The van der Waals surface area contributed by atoms with E-state index in [1.165, 1.54) is 0 Å². The number of nitrogens with zero attached hydrogens (tertiary/aromatic N) is 2. The average molecular weight is 269 g/mol. The zero-order valence-electron chi connectivity index (χ0n) is 13.1. The van der Waals surface area contributed by atoms with E-state index in [0.717, 1.165) is 52.1 Å². The molecular formula is C15H31N3O. The van der Waals surface area contributed by atoms with Crippen molar-refractivity contribution in [3.63, 3.8) is 0 Å². The van der Waals surface area contributed by atoms with Gasteiger partial charge in [-0.3, -0.25) is 0 Å². The summed E-state index contributed by atoms with van der Waals surface area (Å²) < 4.78 is 0. The van der Waals surface area contributed by atoms with Crippen molar-refractivity contribution in [2.75, 3.05) is 39.3 Å². The highest BCUT2D eigenvalue weighted by molar-refractivity contribution is 5.74. The minimum atomic E-state index is 0.239. The van der Waals surface area contributed by atoms with Gasteiger partial charge >= 0.3 is 6.03 Å². The van der Waals surface area contributed by atoms with E-state index in [2.05, 4.69) is 37.9 Å². The lowest BCUT2D eigenvalue weighted by atomic mass is 10.1. The molecule has 1 rings (SSSR count). The number of hydrogen-bond acceptors (Lipinski definition) is 2. The van der Waals surface area contributed by atoms with Crippen LogP contribution in [0.25, 0.3) is 0 Å². The summed E-state index contributed by atoms with van der Waals surface area (Å²) in [6.45, 7) is 14.2. The first kappa shape index (κ1) is 16.3. The van der Waals surface area contributed by atoms with E-state index in [-0.39, 0.29) is 6.03 Å². The molecule has 0 unspecified atom stereocenters. The third kappa shape index (κ3) is 6.28. The zero-order valence-corrected chi connectivity index (χ0v) is 13.1. The molecule has 1 aliphatic heterocycles. The van der Waals surface area contributed by atoms with Gasteiger partial charge in [-0.25, -0.2) is 4.79 Å². The maximum atomic E-state index is 12.5. The number of carbonyl (C=O) groups excluding carboxylic acids is 1. The van der Waals surface area contributed by atoms with E-state index in [1.54, 1.807) is 0 Å². The van der Waals surface area contributed by atoms with Crippen molar-refractivity contribution in [2.24, 2.45) is 11.8 Å². The molecule has 0 aromatic rings. The summed E-state index contributed by atoms with van der Waals surface area (Å²) in [7, 11) is 0. The third-order valence-corrected chi connectivity index (χ3v) is 3.61. The normalized spacial score (nSPS) is 16.2. The largest absolute Gasteiger partial charge is 0.325 e. The highest BCUT2D eigenvalue weighted by Gasteiger charge is 2.22. The highest BCUT2D eigenvalue weighted by Crippen LogP contribution is 2.10. The molecule has 2 amide bonds. The fraction of sp³-hybridized carbons (Fsp3) is 0.933. The summed E-state index contributed by atoms with van der Waals surface area (Å²) in [5.41, 5.74) is 0. The van der Waals surface area contributed by atoms with E-state index >= 15 is 0 Å². The van der Waals surface area contributed by atoms with Crippen molar-refractivity contribution in [1.82, 2.24) is 15.1 Å². The first-order valence-corrected chi connectivity index (χ1v) is 7.75. The number of rotatable bonds is 6. The quantitative estimate of drug-likeness (QED) is 0.804. The smallest absolute Gasteiger partial charge is 0.320 e. The first-order valence-electron chi connectivity index (χ1n) is 7.75. The molecule has 4 nitrogen and oxygen atoms in total. The summed E-state index contributed by atoms with van der Waals surface area (Å²) in [4.78, 5) is 16.6. The maximum absolute atomic E-state index is 12.5. The molecule has 0 radical (unpaired) electrons. The van der Waals surface area contributed by atoms with Crippen molar-refractivity contribution >= 4 is 6.03 Å². The van der Waals surface area contributed by atoms with Gasteiger partial charge in [-0.15, -0.1) is 0 Å². The molecule has 1 N–H and O–H groups in total. The summed E-state index contributed by atoms with van der Waals surface area (Å²) in [6.07, 6.45) is 2.19. The lowest BCUT2D eigenvalue weighted by Gasteiger charge is -2.34. The van der Waals surface area contributed by atoms with Crippen LogP contribution in [-0.4, -0.2) is 55.1 Å². The monoisotopic (exact) mass is 269 g/mol. The van der Waals surface area contributed by atoms with Gasteiger partial charge in [0, 0.05) is 39.3 Å². The molecule has 1 fully saturated rings. The van der Waals surface area contributed by atoms with Crippen molar-refractivity contribution in [2.45, 2.75) is 40.5 Å². The zero-order chi connectivity index (χ0) is 14.3. The van der Waals surface area contributed by atoms with Crippen LogP contribution in [0.3, 0.4) is 0 Å². The van der Waals surface area contributed by atoms with Crippen LogP contribution < -0.4 is 5.32 Å². The summed E-state index contributed by atoms with van der Waals surface area (Å²) in [5, 5.41) is 3.30. The predicted molar refractivity (Wildman–Crippen MR) is 80.3 cm³/mol. The molecule has 1 saturated heterocycles. The average Bonchev–Trinajstić information content (AvgIpc) is 2.38.